The van der Waals surface area contributed by atoms with Crippen LogP contribution in [0.15, 0.2) is 59.1 Å². The molecule has 0 atom stereocenters. The maximum absolute atomic E-state index is 13.4. The van der Waals surface area contributed by atoms with E-state index in [1.807, 2.05) is 31.2 Å². The molecule has 2 aromatic heterocycles. The number of halogens is 3. The number of aliphatic hydroxyl groups is 1. The van der Waals surface area contributed by atoms with E-state index < -0.39 is 23.6 Å². The number of alkyl halides is 3. The van der Waals surface area contributed by atoms with Crippen LogP contribution in [-0.2, 0) is 17.4 Å². The van der Waals surface area contributed by atoms with Crippen molar-refractivity contribution >= 4 is 0 Å². The van der Waals surface area contributed by atoms with Gasteiger partial charge in [0.15, 0.2) is 5.69 Å². The third-order valence-electron chi connectivity index (χ3n) is 7.39. The summed E-state index contributed by atoms with van der Waals surface area (Å²) in [6.45, 7) is 0.0289. The largest absolute Gasteiger partial charge is 0.398 e. The summed E-state index contributed by atoms with van der Waals surface area (Å²) in [5, 5.41) is 18.6. The molecule has 4 aromatic rings. The molecular formula is C27H25F3N4O2. The first-order chi connectivity index (χ1) is 17.9. The minimum Gasteiger partial charge on any atom is -0.395 e. The molecule has 186 valence electrons. The molecule has 2 fully saturated rings. The zero-order valence-corrected chi connectivity index (χ0v) is 19.5. The van der Waals surface area contributed by atoms with Crippen molar-refractivity contribution in [1.29, 1.82) is 0 Å². The van der Waals surface area contributed by atoms with E-state index in [1.165, 1.54) is 12.1 Å². The molecule has 6 rings (SSSR count). The first kappa shape index (κ1) is 20.7. The maximum atomic E-state index is 13.4. The lowest BCUT2D eigenvalue weighted by atomic mass is 9.94. The van der Waals surface area contributed by atoms with Gasteiger partial charge in [0.25, 0.3) is 5.89 Å². The van der Waals surface area contributed by atoms with Crippen molar-refractivity contribution < 1.29 is 25.5 Å². The molecule has 6 nitrogen and oxygen atoms in total. The summed E-state index contributed by atoms with van der Waals surface area (Å²) in [7, 11) is 0. The van der Waals surface area contributed by atoms with Crippen LogP contribution in [0.1, 0.15) is 50.8 Å². The second-order valence-corrected chi connectivity index (χ2v) is 9.80. The first-order valence-electron chi connectivity index (χ1n) is 12.8. The van der Waals surface area contributed by atoms with Crippen LogP contribution in [0.2, 0.25) is 0 Å². The van der Waals surface area contributed by atoms with Crippen molar-refractivity contribution in [3.05, 3.63) is 77.0 Å². The molecule has 0 aliphatic heterocycles. The Morgan fingerprint density at radius 3 is 2.44 bits per heavy atom. The predicted molar refractivity (Wildman–Crippen MR) is 126 cm³/mol. The van der Waals surface area contributed by atoms with Gasteiger partial charge in [0.1, 0.15) is 0 Å². The molecular weight excluding hydrogens is 469 g/mol. The Kier molecular flexibility index (Phi) is 4.62. The van der Waals surface area contributed by atoms with Crippen LogP contribution in [0.4, 0.5) is 13.2 Å². The van der Waals surface area contributed by atoms with Gasteiger partial charge in [-0.25, -0.2) is 0 Å². The van der Waals surface area contributed by atoms with E-state index in [-0.39, 0.29) is 30.1 Å². The molecule has 0 spiro atoms. The summed E-state index contributed by atoms with van der Waals surface area (Å²) in [6.07, 6.45) is -2.87. The van der Waals surface area contributed by atoms with Crippen molar-refractivity contribution in [3.8, 4) is 23.0 Å². The topological polar surface area (TPSA) is 77.0 Å². The maximum Gasteiger partial charge on any atom is 0.398 e. The second-order valence-electron chi connectivity index (χ2n) is 9.80. The molecule has 2 aliphatic carbocycles. The van der Waals surface area contributed by atoms with E-state index in [2.05, 4.69) is 15.2 Å². The summed E-state index contributed by atoms with van der Waals surface area (Å²) in [5.74, 6) is 0.454. The molecule has 2 heterocycles. The lowest BCUT2D eigenvalue weighted by Crippen LogP contribution is -2.28. The second kappa shape index (κ2) is 8.03. The molecule has 9 heteroatoms. The number of nitrogens with zero attached hydrogens (tertiary/aromatic N) is 4. The van der Waals surface area contributed by atoms with E-state index in [4.69, 9.17) is 7.26 Å². The highest BCUT2D eigenvalue weighted by molar-refractivity contribution is 5.59. The van der Waals surface area contributed by atoms with Crippen LogP contribution in [0.3, 0.4) is 0 Å². The molecule has 2 aromatic carbocycles. The van der Waals surface area contributed by atoms with Crippen LogP contribution < -0.4 is 0 Å². The summed E-state index contributed by atoms with van der Waals surface area (Å²) in [6, 6.07) is 15.4. The number of benzene rings is 2. The van der Waals surface area contributed by atoms with Crippen LogP contribution in [-0.4, -0.2) is 37.8 Å². The van der Waals surface area contributed by atoms with Gasteiger partial charge in [-0.05, 0) is 55.4 Å². The Morgan fingerprint density at radius 1 is 1.06 bits per heavy atom. The Morgan fingerprint density at radius 2 is 1.81 bits per heavy atom. The standard InChI is InChI=1S/C27H25F3N4O2/c1-17-13-22(32-34(17)15-18-3-2-4-21(14-18)25(16-35)9-10-25)24-31-23(33-36-24)19-5-7-20(8-6-19)26(11-12-26)27(28,29)30/h2-8,13-14,35H,9-12,15-16H2,1H3/i16D2. The van der Waals surface area contributed by atoms with Gasteiger partial charge in [0, 0.05) is 16.7 Å². The minimum absolute atomic E-state index is 0.103. The van der Waals surface area contributed by atoms with Crippen LogP contribution in [0.5, 0.6) is 0 Å². The van der Waals surface area contributed by atoms with Gasteiger partial charge < -0.3 is 9.63 Å². The summed E-state index contributed by atoms with van der Waals surface area (Å²) >= 11 is 0. The average Bonchev–Trinajstić information content (AvgIpc) is 3.77. The molecule has 0 saturated heterocycles. The Bertz CT molecular complexity index is 1500. The van der Waals surface area contributed by atoms with Gasteiger partial charge in [-0.2, -0.15) is 23.3 Å². The van der Waals surface area contributed by atoms with Gasteiger partial charge in [0.2, 0.25) is 5.82 Å². The smallest absolute Gasteiger partial charge is 0.395 e. The molecule has 1 N–H and O–H groups in total. The van der Waals surface area contributed by atoms with Crippen molar-refractivity contribution in [2.24, 2.45) is 0 Å². The molecule has 0 unspecified atom stereocenters. The van der Waals surface area contributed by atoms with Crippen LogP contribution in [0.25, 0.3) is 23.0 Å². The van der Waals surface area contributed by atoms with E-state index in [9.17, 15) is 18.3 Å². The quantitative estimate of drug-likeness (QED) is 0.362. The summed E-state index contributed by atoms with van der Waals surface area (Å²) < 4.78 is 63.1. The minimum atomic E-state index is -4.27. The number of hydrogen-bond donors (Lipinski definition) is 1. The third-order valence-corrected chi connectivity index (χ3v) is 7.39. The molecule has 0 bridgehead atoms. The highest BCUT2D eigenvalue weighted by atomic mass is 19.4. The molecule has 0 amide bonds. The fraction of sp³-hybridized carbons (Fsp3) is 0.370. The first-order valence-corrected chi connectivity index (χ1v) is 11.8. The average molecular weight is 497 g/mol. The predicted octanol–water partition coefficient (Wildman–Crippen LogP) is 5.57. The lowest BCUT2D eigenvalue weighted by Gasteiger charge is -2.19. The highest BCUT2D eigenvalue weighted by Gasteiger charge is 2.64. The van der Waals surface area contributed by atoms with Crippen LogP contribution >= 0.6 is 0 Å². The fourth-order valence-electron chi connectivity index (χ4n) is 4.75. The SMILES string of the molecule is [2H]C([2H])(O)C1(c2cccc(Cn3nc(-c4nc(-c5ccc(C6(C(F)(F)F)CC6)cc5)no4)cc3C)c2)CC1. The lowest BCUT2D eigenvalue weighted by molar-refractivity contribution is -0.160. The van der Waals surface area contributed by atoms with E-state index in [0.717, 1.165) is 16.8 Å². The van der Waals surface area contributed by atoms with E-state index >= 15 is 0 Å². The summed E-state index contributed by atoms with van der Waals surface area (Å²) in [5.41, 5.74) is 1.19. The number of hydrogen-bond acceptors (Lipinski definition) is 5. The van der Waals surface area contributed by atoms with Gasteiger partial charge in [0.05, 0.1) is 21.3 Å². The number of aromatic nitrogens is 4. The fourth-order valence-corrected chi connectivity index (χ4v) is 4.75. The monoisotopic (exact) mass is 496 g/mol. The molecule has 36 heavy (non-hydrogen) atoms. The Balaban J connectivity index is 1.20. The summed E-state index contributed by atoms with van der Waals surface area (Å²) in [4.78, 5) is 4.40. The van der Waals surface area contributed by atoms with Gasteiger partial charge in [-0.1, -0.05) is 53.7 Å². The third kappa shape index (κ3) is 3.82. The normalized spacial score (nSPS) is 19.0. The number of rotatable bonds is 7. The zero-order chi connectivity index (χ0) is 26.9. The Hall–Kier alpha value is -3.46. The highest BCUT2D eigenvalue weighted by Crippen LogP contribution is 2.59. The van der Waals surface area contributed by atoms with Crippen molar-refractivity contribution in [1.82, 2.24) is 19.9 Å². The molecule has 2 saturated carbocycles. The van der Waals surface area contributed by atoms with Gasteiger partial charge >= 0.3 is 6.18 Å². The van der Waals surface area contributed by atoms with Crippen molar-refractivity contribution in [3.63, 3.8) is 0 Å². The Labute approximate surface area is 208 Å². The zero-order valence-electron chi connectivity index (χ0n) is 21.5. The van der Waals surface area contributed by atoms with Crippen LogP contribution in [0, 0.1) is 6.92 Å². The molecule has 2 aliphatic rings. The molecule has 0 radical (unpaired) electrons. The van der Waals surface area contributed by atoms with Gasteiger partial charge in [-0.3, -0.25) is 4.68 Å². The number of aryl methyl sites for hydroxylation is 1. The van der Waals surface area contributed by atoms with Crippen molar-refractivity contribution in [2.75, 3.05) is 6.56 Å². The van der Waals surface area contributed by atoms with Gasteiger partial charge in [-0.15, -0.1) is 0 Å². The van der Waals surface area contributed by atoms with E-state index in [1.54, 1.807) is 22.9 Å². The van der Waals surface area contributed by atoms with Crippen molar-refractivity contribution in [2.45, 2.75) is 56.2 Å². The van der Waals surface area contributed by atoms with E-state index in [0.29, 0.717) is 30.6 Å².